The fourth-order valence-electron chi connectivity index (χ4n) is 0.466. The van der Waals surface area contributed by atoms with E-state index in [1.54, 1.807) is 23.1 Å². The Bertz CT molecular complexity index is 175. The van der Waals surface area contributed by atoms with E-state index in [1.807, 2.05) is 13.0 Å². The first-order valence-electron chi connectivity index (χ1n) is 2.75. The molecule has 1 aromatic rings. The fraction of sp³-hybridized carbons (Fsp3) is 0.143. The Morgan fingerprint density at radius 2 is 2.56 bits per heavy atom. The van der Waals surface area contributed by atoms with Crippen LogP contribution in [0.5, 0.6) is 0 Å². The maximum atomic E-state index is 2.12. The number of rotatable bonds is 2. The van der Waals surface area contributed by atoms with Gasteiger partial charge in [0.05, 0.1) is 4.21 Å². The quantitative estimate of drug-likeness (QED) is 0.591. The summed E-state index contributed by atoms with van der Waals surface area (Å²) in [5.41, 5.74) is 0. The third kappa shape index (κ3) is 2.24. The molecule has 0 fully saturated rings. The SMILES string of the molecule is C/C=C/Sc1cccs1. The van der Waals surface area contributed by atoms with Gasteiger partial charge in [0.1, 0.15) is 0 Å². The zero-order chi connectivity index (χ0) is 6.53. The molecule has 0 saturated carbocycles. The average molecular weight is 156 g/mol. The van der Waals surface area contributed by atoms with Gasteiger partial charge in [-0.25, -0.2) is 0 Å². The second-order valence-corrected chi connectivity index (χ2v) is 3.67. The Morgan fingerprint density at radius 1 is 1.67 bits per heavy atom. The van der Waals surface area contributed by atoms with Crippen molar-refractivity contribution in [3.8, 4) is 0 Å². The summed E-state index contributed by atoms with van der Waals surface area (Å²) >= 11 is 3.54. The molecule has 0 amide bonds. The lowest BCUT2D eigenvalue weighted by molar-refractivity contribution is 1.74. The molecule has 1 rings (SSSR count). The molecule has 48 valence electrons. The van der Waals surface area contributed by atoms with Crippen LogP contribution in [0.3, 0.4) is 0 Å². The second-order valence-electron chi connectivity index (χ2n) is 1.52. The van der Waals surface area contributed by atoms with E-state index in [4.69, 9.17) is 0 Å². The van der Waals surface area contributed by atoms with Gasteiger partial charge in [-0.05, 0) is 23.8 Å². The van der Waals surface area contributed by atoms with Gasteiger partial charge in [-0.3, -0.25) is 0 Å². The maximum Gasteiger partial charge on any atom is 0.0640 e. The van der Waals surface area contributed by atoms with Crippen molar-refractivity contribution in [2.24, 2.45) is 0 Å². The standard InChI is InChI=1S/C7H8S2/c1-2-5-8-7-4-3-6-9-7/h2-6H,1H3/b5-2+. The molecule has 0 aliphatic heterocycles. The molecule has 0 radical (unpaired) electrons. The summed E-state index contributed by atoms with van der Waals surface area (Å²) in [6.45, 7) is 2.03. The van der Waals surface area contributed by atoms with E-state index >= 15 is 0 Å². The molecule has 0 aliphatic carbocycles. The van der Waals surface area contributed by atoms with Crippen molar-refractivity contribution in [1.82, 2.24) is 0 Å². The van der Waals surface area contributed by atoms with Gasteiger partial charge in [-0.2, -0.15) is 0 Å². The van der Waals surface area contributed by atoms with Crippen LogP contribution < -0.4 is 0 Å². The summed E-state index contributed by atoms with van der Waals surface area (Å²) in [5, 5.41) is 4.18. The Hall–Kier alpha value is -0.210. The summed E-state index contributed by atoms with van der Waals surface area (Å²) in [6, 6.07) is 4.19. The molecule has 2 heteroatoms. The lowest BCUT2D eigenvalue weighted by atomic mass is 10.7. The molecular formula is C7H8S2. The van der Waals surface area contributed by atoms with Crippen LogP contribution in [0, 0.1) is 0 Å². The minimum absolute atomic E-state index is 1.35. The van der Waals surface area contributed by atoms with Crippen LogP contribution in [0.25, 0.3) is 0 Å². The van der Waals surface area contributed by atoms with E-state index in [2.05, 4.69) is 22.9 Å². The highest BCUT2D eigenvalue weighted by Gasteiger charge is 1.86. The predicted octanol–water partition coefficient (Wildman–Crippen LogP) is 3.37. The number of hydrogen-bond acceptors (Lipinski definition) is 2. The summed E-state index contributed by atoms with van der Waals surface area (Å²) in [4.78, 5) is 0. The lowest BCUT2D eigenvalue weighted by Gasteiger charge is -1.82. The molecule has 0 aliphatic rings. The number of allylic oxidation sites excluding steroid dienone is 1. The van der Waals surface area contributed by atoms with E-state index < -0.39 is 0 Å². The van der Waals surface area contributed by atoms with Gasteiger partial charge in [-0.15, -0.1) is 11.3 Å². The zero-order valence-electron chi connectivity index (χ0n) is 5.20. The molecule has 1 heterocycles. The summed E-state index contributed by atoms with van der Waals surface area (Å²) in [5.74, 6) is 0. The predicted molar refractivity (Wildman–Crippen MR) is 45.0 cm³/mol. The van der Waals surface area contributed by atoms with E-state index in [0.29, 0.717) is 0 Å². The van der Waals surface area contributed by atoms with Crippen molar-refractivity contribution < 1.29 is 0 Å². The Labute approximate surface area is 63.6 Å². The molecular weight excluding hydrogens is 148 g/mol. The van der Waals surface area contributed by atoms with Crippen molar-refractivity contribution >= 4 is 23.1 Å². The van der Waals surface area contributed by atoms with Crippen LogP contribution in [0.1, 0.15) is 6.92 Å². The van der Waals surface area contributed by atoms with Crippen LogP contribution in [0.4, 0.5) is 0 Å². The summed E-state index contributed by atoms with van der Waals surface area (Å²) < 4.78 is 1.35. The third-order valence-corrected chi connectivity index (χ3v) is 2.83. The van der Waals surface area contributed by atoms with Gasteiger partial charge in [0.15, 0.2) is 0 Å². The lowest BCUT2D eigenvalue weighted by Crippen LogP contribution is -1.48. The third-order valence-electron chi connectivity index (χ3n) is 0.815. The molecule has 1 aromatic heterocycles. The van der Waals surface area contributed by atoms with Gasteiger partial charge in [0.25, 0.3) is 0 Å². The fourth-order valence-corrected chi connectivity index (χ4v) is 1.90. The Kier molecular flexibility index (Phi) is 2.87. The van der Waals surface area contributed by atoms with E-state index in [-0.39, 0.29) is 0 Å². The topological polar surface area (TPSA) is 0 Å². The van der Waals surface area contributed by atoms with Gasteiger partial charge >= 0.3 is 0 Å². The van der Waals surface area contributed by atoms with Crippen LogP contribution in [0.15, 0.2) is 33.2 Å². The highest BCUT2D eigenvalue weighted by Crippen LogP contribution is 2.23. The van der Waals surface area contributed by atoms with E-state index in [1.165, 1.54) is 4.21 Å². The molecule has 0 spiro atoms. The normalized spacial score (nSPS) is 10.8. The van der Waals surface area contributed by atoms with Crippen molar-refractivity contribution in [2.75, 3.05) is 0 Å². The number of hydrogen-bond donors (Lipinski definition) is 0. The molecule has 0 unspecified atom stereocenters. The van der Waals surface area contributed by atoms with Gasteiger partial charge in [-0.1, -0.05) is 23.9 Å². The van der Waals surface area contributed by atoms with Gasteiger partial charge < -0.3 is 0 Å². The Balaban J connectivity index is 2.48. The van der Waals surface area contributed by atoms with Crippen LogP contribution in [-0.4, -0.2) is 0 Å². The Morgan fingerprint density at radius 3 is 3.11 bits per heavy atom. The first kappa shape index (κ1) is 6.90. The number of thioether (sulfide) groups is 1. The van der Waals surface area contributed by atoms with Gasteiger partial charge in [0, 0.05) is 0 Å². The highest BCUT2D eigenvalue weighted by atomic mass is 32.2. The molecule has 0 atom stereocenters. The molecule has 9 heavy (non-hydrogen) atoms. The maximum absolute atomic E-state index is 2.12. The van der Waals surface area contributed by atoms with Crippen molar-refractivity contribution in [1.29, 1.82) is 0 Å². The molecule has 0 nitrogen and oxygen atoms in total. The summed E-state index contributed by atoms with van der Waals surface area (Å²) in [6.07, 6.45) is 2.05. The summed E-state index contributed by atoms with van der Waals surface area (Å²) in [7, 11) is 0. The minimum atomic E-state index is 1.35. The zero-order valence-corrected chi connectivity index (χ0v) is 6.84. The monoisotopic (exact) mass is 156 g/mol. The van der Waals surface area contributed by atoms with Crippen LogP contribution in [-0.2, 0) is 0 Å². The second kappa shape index (κ2) is 3.75. The highest BCUT2D eigenvalue weighted by molar-refractivity contribution is 8.03. The van der Waals surface area contributed by atoms with Crippen LogP contribution in [0.2, 0.25) is 0 Å². The van der Waals surface area contributed by atoms with E-state index in [0.717, 1.165) is 0 Å². The first-order chi connectivity index (χ1) is 4.43. The first-order valence-corrected chi connectivity index (χ1v) is 4.50. The minimum Gasteiger partial charge on any atom is -0.137 e. The van der Waals surface area contributed by atoms with E-state index in [9.17, 15) is 0 Å². The van der Waals surface area contributed by atoms with Gasteiger partial charge in [0.2, 0.25) is 0 Å². The molecule has 0 bridgehead atoms. The van der Waals surface area contributed by atoms with Crippen molar-refractivity contribution in [3.63, 3.8) is 0 Å². The largest absolute Gasteiger partial charge is 0.137 e. The molecule has 0 N–H and O–H groups in total. The average Bonchev–Trinajstić information content (AvgIpc) is 2.34. The van der Waals surface area contributed by atoms with Crippen LogP contribution >= 0.6 is 23.1 Å². The molecule has 0 aromatic carbocycles. The number of thiophene rings is 1. The smallest absolute Gasteiger partial charge is 0.0640 e. The van der Waals surface area contributed by atoms with Crippen molar-refractivity contribution in [3.05, 3.63) is 29.0 Å². The van der Waals surface area contributed by atoms with Crippen molar-refractivity contribution in [2.45, 2.75) is 11.1 Å². The molecule has 0 saturated heterocycles.